The maximum Gasteiger partial charge on any atom is 0.336 e. The summed E-state index contributed by atoms with van der Waals surface area (Å²) in [7, 11) is 0. The molecule has 0 unspecified atom stereocenters. The lowest BCUT2D eigenvalue weighted by Gasteiger charge is -2.13. The summed E-state index contributed by atoms with van der Waals surface area (Å²) in [6.45, 7) is 3.67. The van der Waals surface area contributed by atoms with Crippen LogP contribution in [0, 0.1) is 13.8 Å². The average Bonchev–Trinajstić information content (AvgIpc) is 2.94. The zero-order valence-corrected chi connectivity index (χ0v) is 12.3. The van der Waals surface area contributed by atoms with Crippen LogP contribution in [0.4, 0.5) is 0 Å². The molecule has 0 bridgehead atoms. The lowest BCUT2D eigenvalue weighted by molar-refractivity contribution is 0.0696. The largest absolute Gasteiger partial charge is 0.478 e. The van der Waals surface area contributed by atoms with E-state index in [1.54, 1.807) is 23.9 Å². The highest BCUT2D eigenvalue weighted by atomic mass is 16.4. The van der Waals surface area contributed by atoms with Crippen molar-refractivity contribution >= 4 is 5.97 Å². The zero-order valence-electron chi connectivity index (χ0n) is 12.3. The predicted octanol–water partition coefficient (Wildman–Crippen LogP) is 3.25. The van der Waals surface area contributed by atoms with Crippen LogP contribution in [0.15, 0.2) is 48.7 Å². The van der Waals surface area contributed by atoms with Gasteiger partial charge >= 0.3 is 5.97 Å². The fourth-order valence-corrected chi connectivity index (χ4v) is 2.46. The number of aryl methyl sites for hydroxylation is 1. The highest BCUT2D eigenvalue weighted by molar-refractivity contribution is 5.92. The van der Waals surface area contributed by atoms with Gasteiger partial charge in [0.15, 0.2) is 0 Å². The average molecular weight is 293 g/mol. The molecule has 3 aromatic rings. The molecular formula is C17H15N3O2. The van der Waals surface area contributed by atoms with E-state index < -0.39 is 5.97 Å². The van der Waals surface area contributed by atoms with E-state index in [9.17, 15) is 9.90 Å². The van der Waals surface area contributed by atoms with Crippen molar-refractivity contribution in [1.82, 2.24) is 15.0 Å². The Hall–Kier alpha value is -2.95. The number of carboxylic acid groups (broad SMARTS) is 1. The van der Waals surface area contributed by atoms with Crippen molar-refractivity contribution < 1.29 is 9.90 Å². The van der Waals surface area contributed by atoms with Gasteiger partial charge in [0.2, 0.25) is 0 Å². The monoisotopic (exact) mass is 293 g/mol. The molecule has 1 N–H and O–H groups in total. The molecule has 1 heterocycles. The van der Waals surface area contributed by atoms with Crippen molar-refractivity contribution in [3.8, 4) is 16.8 Å². The molecule has 0 fully saturated rings. The van der Waals surface area contributed by atoms with Crippen LogP contribution in [0.25, 0.3) is 16.8 Å². The molecule has 22 heavy (non-hydrogen) atoms. The molecule has 0 aliphatic rings. The first-order chi connectivity index (χ1) is 10.6. The number of benzene rings is 2. The molecule has 3 rings (SSSR count). The molecule has 0 amide bonds. The van der Waals surface area contributed by atoms with Crippen molar-refractivity contribution in [1.29, 1.82) is 0 Å². The van der Waals surface area contributed by atoms with Crippen LogP contribution in [0.3, 0.4) is 0 Å². The molecule has 0 saturated heterocycles. The zero-order chi connectivity index (χ0) is 15.7. The maximum absolute atomic E-state index is 11.6. The number of carboxylic acids is 1. The van der Waals surface area contributed by atoms with E-state index in [0.717, 1.165) is 22.5 Å². The third kappa shape index (κ3) is 2.37. The van der Waals surface area contributed by atoms with E-state index in [1.807, 2.05) is 43.3 Å². The number of hydrogen-bond donors (Lipinski definition) is 1. The molecule has 0 atom stereocenters. The summed E-state index contributed by atoms with van der Waals surface area (Å²) in [5, 5.41) is 17.4. The summed E-state index contributed by atoms with van der Waals surface area (Å²) in [6, 6.07) is 13.3. The summed E-state index contributed by atoms with van der Waals surface area (Å²) in [6.07, 6.45) is 1.65. The Labute approximate surface area is 127 Å². The van der Waals surface area contributed by atoms with E-state index in [2.05, 4.69) is 10.3 Å². The smallest absolute Gasteiger partial charge is 0.336 e. The van der Waals surface area contributed by atoms with Crippen LogP contribution in [0.1, 0.15) is 21.6 Å². The van der Waals surface area contributed by atoms with Crippen molar-refractivity contribution in [2.24, 2.45) is 0 Å². The van der Waals surface area contributed by atoms with Gasteiger partial charge in [-0.2, -0.15) is 0 Å². The minimum absolute atomic E-state index is 0.270. The normalized spacial score (nSPS) is 10.6. The molecule has 0 radical (unpaired) electrons. The molecule has 2 aromatic carbocycles. The van der Waals surface area contributed by atoms with Gasteiger partial charge in [0.25, 0.3) is 0 Å². The Bertz CT molecular complexity index is 838. The number of hydrogen-bond acceptors (Lipinski definition) is 3. The van der Waals surface area contributed by atoms with Crippen LogP contribution in [0.5, 0.6) is 0 Å². The Morgan fingerprint density at radius 3 is 2.41 bits per heavy atom. The predicted molar refractivity (Wildman–Crippen MR) is 83.2 cm³/mol. The first-order valence-electron chi connectivity index (χ1n) is 6.89. The Morgan fingerprint density at radius 2 is 1.82 bits per heavy atom. The third-order valence-corrected chi connectivity index (χ3v) is 3.67. The second kappa shape index (κ2) is 5.44. The number of aromatic carboxylic acids is 1. The van der Waals surface area contributed by atoms with Gasteiger partial charge in [-0.1, -0.05) is 35.5 Å². The van der Waals surface area contributed by atoms with Gasteiger partial charge in [-0.3, -0.25) is 0 Å². The van der Waals surface area contributed by atoms with Crippen LogP contribution in [-0.4, -0.2) is 26.1 Å². The highest BCUT2D eigenvalue weighted by Crippen LogP contribution is 2.28. The summed E-state index contributed by atoms with van der Waals surface area (Å²) >= 11 is 0. The fourth-order valence-electron chi connectivity index (χ4n) is 2.46. The standard InChI is InChI=1S/C17H15N3O2/c1-11-10-18-19-20(11)16-9-14(13-6-4-3-5-7-13)8-15(12(16)2)17(21)22/h3-10H,1-2H3,(H,21,22). The van der Waals surface area contributed by atoms with E-state index in [4.69, 9.17) is 0 Å². The van der Waals surface area contributed by atoms with Gasteiger partial charge in [-0.25, -0.2) is 9.48 Å². The van der Waals surface area contributed by atoms with E-state index in [1.165, 1.54) is 0 Å². The number of aromatic nitrogens is 3. The van der Waals surface area contributed by atoms with E-state index in [0.29, 0.717) is 5.56 Å². The molecule has 0 spiro atoms. The Morgan fingerprint density at radius 1 is 1.09 bits per heavy atom. The highest BCUT2D eigenvalue weighted by Gasteiger charge is 2.16. The van der Waals surface area contributed by atoms with Crippen LogP contribution >= 0.6 is 0 Å². The quantitative estimate of drug-likeness (QED) is 0.805. The number of nitrogens with zero attached hydrogens (tertiary/aromatic N) is 3. The van der Waals surface area contributed by atoms with Crippen LogP contribution in [0.2, 0.25) is 0 Å². The van der Waals surface area contributed by atoms with Gasteiger partial charge in [-0.15, -0.1) is 5.10 Å². The molecular weight excluding hydrogens is 278 g/mol. The molecule has 5 heteroatoms. The minimum atomic E-state index is -0.950. The molecule has 0 saturated carbocycles. The first-order valence-corrected chi connectivity index (χ1v) is 6.89. The molecule has 5 nitrogen and oxygen atoms in total. The molecule has 0 aliphatic heterocycles. The lowest BCUT2D eigenvalue weighted by atomic mass is 9.98. The van der Waals surface area contributed by atoms with E-state index in [-0.39, 0.29) is 5.56 Å². The number of carbonyl (C=O) groups is 1. The van der Waals surface area contributed by atoms with Gasteiger partial charge in [0, 0.05) is 0 Å². The molecule has 1 aromatic heterocycles. The summed E-state index contributed by atoms with van der Waals surface area (Å²) in [4.78, 5) is 11.6. The van der Waals surface area contributed by atoms with E-state index >= 15 is 0 Å². The maximum atomic E-state index is 11.6. The van der Waals surface area contributed by atoms with Gasteiger partial charge in [-0.05, 0) is 42.7 Å². The van der Waals surface area contributed by atoms with Gasteiger partial charge < -0.3 is 5.11 Å². The van der Waals surface area contributed by atoms with Crippen molar-refractivity contribution in [3.63, 3.8) is 0 Å². The topological polar surface area (TPSA) is 68.0 Å². The third-order valence-electron chi connectivity index (χ3n) is 3.67. The van der Waals surface area contributed by atoms with Gasteiger partial charge in [0.05, 0.1) is 23.1 Å². The van der Waals surface area contributed by atoms with Crippen LogP contribution < -0.4 is 0 Å². The SMILES string of the molecule is Cc1c(C(=O)O)cc(-c2ccccc2)cc1-n1nncc1C. The Balaban J connectivity index is 2.28. The lowest BCUT2D eigenvalue weighted by Crippen LogP contribution is -2.08. The van der Waals surface area contributed by atoms with Crippen molar-refractivity contribution in [2.45, 2.75) is 13.8 Å². The molecule has 0 aliphatic carbocycles. The van der Waals surface area contributed by atoms with Crippen LogP contribution in [-0.2, 0) is 0 Å². The minimum Gasteiger partial charge on any atom is -0.478 e. The summed E-state index contributed by atoms with van der Waals surface area (Å²) in [5.41, 5.74) is 4.32. The molecule has 110 valence electrons. The van der Waals surface area contributed by atoms with Gasteiger partial charge in [0.1, 0.15) is 0 Å². The number of rotatable bonds is 3. The fraction of sp³-hybridized carbons (Fsp3) is 0.118. The summed E-state index contributed by atoms with van der Waals surface area (Å²) in [5.74, 6) is -0.950. The second-order valence-corrected chi connectivity index (χ2v) is 5.13. The first kappa shape index (κ1) is 14.0. The van der Waals surface area contributed by atoms with Crippen molar-refractivity contribution in [3.05, 3.63) is 65.5 Å². The summed E-state index contributed by atoms with van der Waals surface area (Å²) < 4.78 is 1.66. The second-order valence-electron chi connectivity index (χ2n) is 5.13. The Kier molecular flexibility index (Phi) is 3.47. The van der Waals surface area contributed by atoms with Crippen molar-refractivity contribution in [2.75, 3.05) is 0 Å².